The fourth-order valence-corrected chi connectivity index (χ4v) is 3.46. The molecule has 8 heteroatoms. The summed E-state index contributed by atoms with van der Waals surface area (Å²) in [6.45, 7) is 3.69. The molecule has 3 aromatic heterocycles. The van der Waals surface area contributed by atoms with Crippen LogP contribution in [-0.4, -0.2) is 62.1 Å². The maximum atomic E-state index is 12.6. The SMILES string of the molecule is CCc1cc(N2CCC(N(C)C(=O)c3cn[nH]c3)C2)nc(-c2ccncc2)n1. The van der Waals surface area contributed by atoms with E-state index in [0.29, 0.717) is 11.4 Å². The number of hydrogen-bond acceptors (Lipinski definition) is 6. The van der Waals surface area contributed by atoms with Crippen LogP contribution in [0.1, 0.15) is 29.4 Å². The Balaban J connectivity index is 1.54. The van der Waals surface area contributed by atoms with Crippen LogP contribution >= 0.6 is 0 Å². The number of amides is 1. The van der Waals surface area contributed by atoms with Crippen LogP contribution < -0.4 is 4.90 Å². The molecule has 3 aromatic rings. The number of anilines is 1. The Morgan fingerprint density at radius 2 is 2.14 bits per heavy atom. The van der Waals surface area contributed by atoms with E-state index in [0.717, 1.165) is 43.0 Å². The summed E-state index contributed by atoms with van der Waals surface area (Å²) in [5.41, 5.74) is 2.54. The van der Waals surface area contributed by atoms with Crippen LogP contribution in [-0.2, 0) is 6.42 Å². The first-order valence-corrected chi connectivity index (χ1v) is 9.45. The molecule has 1 atom stereocenters. The lowest BCUT2D eigenvalue weighted by Gasteiger charge is -2.25. The van der Waals surface area contributed by atoms with E-state index in [9.17, 15) is 4.79 Å². The third kappa shape index (κ3) is 3.58. The first-order chi connectivity index (χ1) is 13.7. The standard InChI is InChI=1S/C20H23N7O/c1-3-16-10-18(25-19(24-16)14-4-7-21-8-5-14)27-9-6-17(13-27)26(2)20(28)15-11-22-23-12-15/h4-5,7-8,10-12,17H,3,6,9,13H2,1-2H3,(H,22,23). The predicted molar refractivity (Wildman–Crippen MR) is 106 cm³/mol. The molecule has 144 valence electrons. The lowest BCUT2D eigenvalue weighted by atomic mass is 10.2. The number of nitrogens with zero attached hydrogens (tertiary/aromatic N) is 6. The Labute approximate surface area is 163 Å². The van der Waals surface area contributed by atoms with E-state index in [4.69, 9.17) is 4.98 Å². The van der Waals surface area contributed by atoms with Crippen LogP contribution in [0.25, 0.3) is 11.4 Å². The number of carbonyl (C=O) groups excluding carboxylic acids is 1. The van der Waals surface area contributed by atoms with Crippen molar-refractivity contribution in [1.82, 2.24) is 30.0 Å². The molecule has 1 aliphatic heterocycles. The highest BCUT2D eigenvalue weighted by atomic mass is 16.2. The van der Waals surface area contributed by atoms with E-state index in [2.05, 4.69) is 32.0 Å². The average molecular weight is 377 g/mol. The minimum Gasteiger partial charge on any atom is -0.354 e. The maximum absolute atomic E-state index is 12.6. The highest BCUT2D eigenvalue weighted by molar-refractivity contribution is 5.93. The monoisotopic (exact) mass is 377 g/mol. The number of aromatic amines is 1. The fraction of sp³-hybridized carbons (Fsp3) is 0.350. The van der Waals surface area contributed by atoms with Gasteiger partial charge < -0.3 is 9.80 Å². The largest absolute Gasteiger partial charge is 0.354 e. The first-order valence-electron chi connectivity index (χ1n) is 9.45. The van der Waals surface area contributed by atoms with Gasteiger partial charge in [0.05, 0.1) is 17.8 Å². The summed E-state index contributed by atoms with van der Waals surface area (Å²) in [6, 6.07) is 6.02. The highest BCUT2D eigenvalue weighted by Crippen LogP contribution is 2.25. The number of hydrogen-bond donors (Lipinski definition) is 1. The van der Waals surface area contributed by atoms with E-state index < -0.39 is 0 Å². The molecule has 28 heavy (non-hydrogen) atoms. The Bertz CT molecular complexity index is 942. The molecule has 4 rings (SSSR count). The van der Waals surface area contributed by atoms with Crippen molar-refractivity contribution in [3.8, 4) is 11.4 Å². The number of aromatic nitrogens is 5. The molecule has 1 fully saturated rings. The Hall–Kier alpha value is -3.29. The molecule has 0 saturated carbocycles. The number of pyridine rings is 1. The minimum atomic E-state index is -0.0185. The lowest BCUT2D eigenvalue weighted by Crippen LogP contribution is -2.39. The molecule has 0 bridgehead atoms. The zero-order valence-corrected chi connectivity index (χ0v) is 16.0. The third-order valence-electron chi connectivity index (χ3n) is 5.17. The summed E-state index contributed by atoms with van der Waals surface area (Å²) in [6.07, 6.45) is 8.42. The molecule has 1 saturated heterocycles. The van der Waals surface area contributed by atoms with Crippen molar-refractivity contribution in [1.29, 1.82) is 0 Å². The van der Waals surface area contributed by atoms with E-state index in [-0.39, 0.29) is 11.9 Å². The third-order valence-corrected chi connectivity index (χ3v) is 5.17. The lowest BCUT2D eigenvalue weighted by molar-refractivity contribution is 0.0745. The molecule has 8 nitrogen and oxygen atoms in total. The Morgan fingerprint density at radius 1 is 1.32 bits per heavy atom. The average Bonchev–Trinajstić information content (AvgIpc) is 3.45. The number of aryl methyl sites for hydroxylation is 1. The second-order valence-electron chi connectivity index (χ2n) is 6.92. The van der Waals surface area contributed by atoms with Crippen LogP contribution in [0.5, 0.6) is 0 Å². The van der Waals surface area contributed by atoms with Gasteiger partial charge in [0.25, 0.3) is 5.91 Å². The highest BCUT2D eigenvalue weighted by Gasteiger charge is 2.30. The second-order valence-corrected chi connectivity index (χ2v) is 6.92. The Morgan fingerprint density at radius 3 is 2.86 bits per heavy atom. The van der Waals surface area contributed by atoms with Crippen LogP contribution in [0, 0.1) is 0 Å². The molecule has 0 radical (unpaired) electrons. The second kappa shape index (κ2) is 7.75. The fourth-order valence-electron chi connectivity index (χ4n) is 3.46. The Kier molecular flexibility index (Phi) is 5.01. The van der Waals surface area contributed by atoms with Crippen molar-refractivity contribution in [3.05, 3.63) is 54.2 Å². The van der Waals surface area contributed by atoms with Gasteiger partial charge in [-0.3, -0.25) is 14.9 Å². The predicted octanol–water partition coefficient (Wildman–Crippen LogP) is 2.17. The molecule has 0 spiro atoms. The molecular formula is C20H23N7O. The van der Waals surface area contributed by atoms with Crippen LogP contribution in [0.3, 0.4) is 0 Å². The van der Waals surface area contributed by atoms with E-state index in [1.165, 1.54) is 0 Å². The smallest absolute Gasteiger partial charge is 0.257 e. The molecule has 1 unspecified atom stereocenters. The minimum absolute atomic E-state index is 0.0185. The van der Waals surface area contributed by atoms with Crippen molar-refractivity contribution in [3.63, 3.8) is 0 Å². The van der Waals surface area contributed by atoms with Gasteiger partial charge in [0, 0.05) is 56.1 Å². The topological polar surface area (TPSA) is 90.9 Å². The molecule has 0 aliphatic carbocycles. The van der Waals surface area contributed by atoms with Gasteiger partial charge in [-0.25, -0.2) is 9.97 Å². The van der Waals surface area contributed by atoms with Crippen molar-refractivity contribution < 1.29 is 4.79 Å². The van der Waals surface area contributed by atoms with Crippen molar-refractivity contribution in [2.75, 3.05) is 25.0 Å². The van der Waals surface area contributed by atoms with Crippen LogP contribution in [0.2, 0.25) is 0 Å². The van der Waals surface area contributed by atoms with Crippen molar-refractivity contribution >= 4 is 11.7 Å². The maximum Gasteiger partial charge on any atom is 0.257 e. The van der Waals surface area contributed by atoms with Crippen molar-refractivity contribution in [2.45, 2.75) is 25.8 Å². The van der Waals surface area contributed by atoms with Crippen LogP contribution in [0.15, 0.2) is 43.0 Å². The summed E-state index contributed by atoms with van der Waals surface area (Å²) in [5, 5.41) is 6.56. The number of rotatable bonds is 5. The van der Waals surface area contributed by atoms with Gasteiger partial charge in [0.15, 0.2) is 5.82 Å². The first kappa shape index (κ1) is 18.1. The summed E-state index contributed by atoms with van der Waals surface area (Å²) >= 11 is 0. The van der Waals surface area contributed by atoms with E-state index in [1.54, 1.807) is 29.7 Å². The van der Waals surface area contributed by atoms with Gasteiger partial charge in [-0.15, -0.1) is 0 Å². The zero-order valence-electron chi connectivity index (χ0n) is 16.0. The summed E-state index contributed by atoms with van der Waals surface area (Å²) < 4.78 is 0. The quantitative estimate of drug-likeness (QED) is 0.733. The number of likely N-dealkylation sites (N-methyl/N-ethyl adjacent to an activating group) is 1. The van der Waals surface area contributed by atoms with E-state index >= 15 is 0 Å². The summed E-state index contributed by atoms with van der Waals surface area (Å²) in [5.74, 6) is 1.60. The van der Waals surface area contributed by atoms with Gasteiger partial charge in [0.1, 0.15) is 5.82 Å². The van der Waals surface area contributed by atoms with Gasteiger partial charge in [-0.1, -0.05) is 6.92 Å². The van der Waals surface area contributed by atoms with Crippen molar-refractivity contribution in [2.24, 2.45) is 0 Å². The molecule has 4 heterocycles. The van der Waals surface area contributed by atoms with Gasteiger partial charge in [-0.05, 0) is 25.0 Å². The number of H-pyrrole nitrogens is 1. The normalized spacial score (nSPS) is 16.4. The van der Waals surface area contributed by atoms with E-state index in [1.807, 2.05) is 25.2 Å². The number of carbonyl (C=O) groups is 1. The zero-order chi connectivity index (χ0) is 19.5. The van der Waals surface area contributed by atoms with Gasteiger partial charge in [0.2, 0.25) is 0 Å². The molecule has 1 N–H and O–H groups in total. The molecular weight excluding hydrogens is 354 g/mol. The van der Waals surface area contributed by atoms with Gasteiger partial charge in [-0.2, -0.15) is 5.10 Å². The van der Waals surface area contributed by atoms with Gasteiger partial charge >= 0.3 is 0 Å². The molecule has 1 amide bonds. The summed E-state index contributed by atoms with van der Waals surface area (Å²) in [4.78, 5) is 30.2. The summed E-state index contributed by atoms with van der Waals surface area (Å²) in [7, 11) is 1.85. The molecule has 1 aliphatic rings. The molecule has 0 aromatic carbocycles. The van der Waals surface area contributed by atoms with Crippen LogP contribution in [0.4, 0.5) is 5.82 Å². The number of nitrogens with one attached hydrogen (secondary N) is 1.